The molecule has 0 aliphatic carbocycles. The summed E-state index contributed by atoms with van der Waals surface area (Å²) in [5, 5.41) is 0. The molecule has 0 unspecified atom stereocenters. The summed E-state index contributed by atoms with van der Waals surface area (Å²) in [5.41, 5.74) is 2.94. The number of rotatable bonds is 1. The average Bonchev–Trinajstić information content (AvgIpc) is 2.52. The second-order valence-corrected chi connectivity index (χ2v) is 6.26. The van der Waals surface area contributed by atoms with Crippen molar-refractivity contribution in [2.75, 3.05) is 0 Å². The topological polar surface area (TPSA) is 8.81 Å². The highest BCUT2D eigenvalue weighted by molar-refractivity contribution is 6.50. The third-order valence-electron chi connectivity index (χ3n) is 3.07. The number of benzene rings is 1. The van der Waals surface area contributed by atoms with E-state index in [9.17, 15) is 17.3 Å². The monoisotopic (exact) mass is 304 g/mol. The Morgan fingerprint density at radius 3 is 2.00 bits per heavy atom. The lowest BCUT2D eigenvalue weighted by Gasteiger charge is -2.15. The largest absolute Gasteiger partial charge is 0.673 e. The van der Waals surface area contributed by atoms with Gasteiger partial charge in [0, 0.05) is 0 Å². The van der Waals surface area contributed by atoms with Gasteiger partial charge in [-0.1, -0.05) is 32.9 Å². The van der Waals surface area contributed by atoms with E-state index in [-0.39, 0.29) is 0 Å². The standard InChI is InChI=1S/C14H21N2.BF4/c1-14(2,3)10-13-15(4)11-8-6-7-9-12(11)16(13)5;2-1(3,4)5/h6-9H,10H2,1-5H3;/q+1;-1. The highest BCUT2D eigenvalue weighted by Crippen LogP contribution is 2.21. The number of hydrogen-bond donors (Lipinski definition) is 0. The summed E-state index contributed by atoms with van der Waals surface area (Å²) in [5.74, 6) is 1.38. The molecule has 1 aromatic carbocycles. The van der Waals surface area contributed by atoms with Crippen LogP contribution in [-0.4, -0.2) is 11.8 Å². The fourth-order valence-corrected chi connectivity index (χ4v) is 2.25. The highest BCUT2D eigenvalue weighted by Gasteiger charge is 2.24. The van der Waals surface area contributed by atoms with Crippen LogP contribution in [0.1, 0.15) is 26.6 Å². The first-order valence-electron chi connectivity index (χ1n) is 6.70. The quantitative estimate of drug-likeness (QED) is 0.429. The zero-order chi connectivity index (χ0) is 16.4. The molecule has 118 valence electrons. The van der Waals surface area contributed by atoms with Gasteiger partial charge < -0.3 is 17.3 Å². The summed E-state index contributed by atoms with van der Waals surface area (Å²) >= 11 is 0. The van der Waals surface area contributed by atoms with E-state index < -0.39 is 7.25 Å². The van der Waals surface area contributed by atoms with Gasteiger partial charge in [-0.15, -0.1) is 0 Å². The maximum atomic E-state index is 9.75. The minimum Gasteiger partial charge on any atom is -0.418 e. The van der Waals surface area contributed by atoms with Crippen molar-refractivity contribution in [2.24, 2.45) is 19.5 Å². The number of nitrogens with zero attached hydrogens (tertiary/aromatic N) is 2. The molecule has 0 saturated heterocycles. The Morgan fingerprint density at radius 1 is 1.10 bits per heavy atom. The molecule has 0 N–H and O–H groups in total. The second-order valence-electron chi connectivity index (χ2n) is 6.26. The van der Waals surface area contributed by atoms with Gasteiger partial charge in [0.05, 0.1) is 20.5 Å². The molecule has 0 saturated carbocycles. The molecular weight excluding hydrogens is 283 g/mol. The van der Waals surface area contributed by atoms with Gasteiger partial charge in [-0.2, -0.15) is 0 Å². The maximum Gasteiger partial charge on any atom is 0.673 e. The molecule has 0 amide bonds. The minimum atomic E-state index is -6.00. The van der Waals surface area contributed by atoms with E-state index in [2.05, 4.69) is 68.3 Å². The van der Waals surface area contributed by atoms with Crippen molar-refractivity contribution in [3.8, 4) is 0 Å². The first-order valence-corrected chi connectivity index (χ1v) is 6.70. The van der Waals surface area contributed by atoms with Crippen LogP contribution >= 0.6 is 0 Å². The predicted molar refractivity (Wildman–Crippen MR) is 77.4 cm³/mol. The van der Waals surface area contributed by atoms with Crippen LogP contribution in [0, 0.1) is 5.41 Å². The normalized spacial score (nSPS) is 12.2. The number of hydrogen-bond acceptors (Lipinski definition) is 0. The van der Waals surface area contributed by atoms with Gasteiger partial charge in [-0.25, -0.2) is 9.13 Å². The lowest BCUT2D eigenvalue weighted by molar-refractivity contribution is -0.654. The molecule has 0 atom stereocenters. The minimum absolute atomic E-state index is 0.319. The van der Waals surface area contributed by atoms with Crippen LogP contribution in [0.15, 0.2) is 24.3 Å². The maximum absolute atomic E-state index is 9.75. The number of aryl methyl sites for hydroxylation is 2. The molecule has 1 aromatic heterocycles. The summed E-state index contributed by atoms with van der Waals surface area (Å²) in [6.07, 6.45) is 1.09. The third-order valence-corrected chi connectivity index (χ3v) is 3.07. The van der Waals surface area contributed by atoms with Crippen LogP contribution in [0.25, 0.3) is 11.0 Å². The Bertz CT molecular complexity index is 567. The van der Waals surface area contributed by atoms with Gasteiger partial charge in [-0.05, 0) is 17.5 Å². The van der Waals surface area contributed by atoms with Crippen molar-refractivity contribution >= 4 is 18.3 Å². The number of para-hydroxylation sites is 2. The molecule has 0 aliphatic rings. The Kier molecular flexibility index (Phi) is 5.07. The van der Waals surface area contributed by atoms with Gasteiger partial charge in [0.2, 0.25) is 0 Å². The number of halogens is 4. The number of imidazole rings is 1. The summed E-state index contributed by atoms with van der Waals surface area (Å²) in [6, 6.07) is 8.56. The molecule has 0 spiro atoms. The van der Waals surface area contributed by atoms with Crippen LogP contribution in [0.4, 0.5) is 17.3 Å². The zero-order valence-electron chi connectivity index (χ0n) is 13.0. The van der Waals surface area contributed by atoms with Crippen LogP contribution in [0.3, 0.4) is 0 Å². The van der Waals surface area contributed by atoms with Gasteiger partial charge >= 0.3 is 7.25 Å². The number of aromatic nitrogens is 2. The van der Waals surface area contributed by atoms with Gasteiger partial charge in [0.1, 0.15) is 0 Å². The molecule has 2 rings (SSSR count). The van der Waals surface area contributed by atoms with Crippen molar-refractivity contribution in [3.05, 3.63) is 30.1 Å². The summed E-state index contributed by atoms with van der Waals surface area (Å²) < 4.78 is 43.6. The summed E-state index contributed by atoms with van der Waals surface area (Å²) in [6.45, 7) is 6.85. The predicted octanol–water partition coefficient (Wildman–Crippen LogP) is 3.89. The summed E-state index contributed by atoms with van der Waals surface area (Å²) in [4.78, 5) is 0. The molecule has 21 heavy (non-hydrogen) atoms. The lowest BCUT2D eigenvalue weighted by atomic mass is 9.92. The molecule has 2 nitrogen and oxygen atoms in total. The first-order chi connectivity index (χ1) is 9.40. The number of fused-ring (bicyclic) bond motifs is 1. The first kappa shape index (κ1) is 17.5. The zero-order valence-corrected chi connectivity index (χ0v) is 13.0. The van der Waals surface area contributed by atoms with Gasteiger partial charge in [0.15, 0.2) is 11.0 Å². The SMILES string of the molecule is Cn1c(CC(C)(C)C)[n+](C)c2ccccc21.F[B-](F)(F)F. The van der Waals surface area contributed by atoms with E-state index in [1.165, 1.54) is 16.9 Å². The molecule has 2 aromatic rings. The Labute approximate surface area is 122 Å². The van der Waals surface area contributed by atoms with Crippen LogP contribution < -0.4 is 4.57 Å². The van der Waals surface area contributed by atoms with E-state index in [0.717, 1.165) is 6.42 Å². The molecule has 0 fully saturated rings. The van der Waals surface area contributed by atoms with Crippen LogP contribution in [0.2, 0.25) is 0 Å². The van der Waals surface area contributed by atoms with Crippen molar-refractivity contribution in [3.63, 3.8) is 0 Å². The van der Waals surface area contributed by atoms with E-state index in [4.69, 9.17) is 0 Å². The van der Waals surface area contributed by atoms with E-state index in [1.54, 1.807) is 0 Å². The van der Waals surface area contributed by atoms with Crippen molar-refractivity contribution < 1.29 is 21.8 Å². The fraction of sp³-hybridized carbons (Fsp3) is 0.500. The van der Waals surface area contributed by atoms with E-state index in [0.29, 0.717) is 5.41 Å². The lowest BCUT2D eigenvalue weighted by Crippen LogP contribution is -2.35. The fourth-order valence-electron chi connectivity index (χ4n) is 2.25. The smallest absolute Gasteiger partial charge is 0.418 e. The van der Waals surface area contributed by atoms with Crippen molar-refractivity contribution in [1.82, 2.24) is 4.57 Å². The Balaban J connectivity index is 0.000000383. The molecule has 0 bridgehead atoms. The molecule has 0 radical (unpaired) electrons. The van der Waals surface area contributed by atoms with Gasteiger partial charge in [-0.3, -0.25) is 0 Å². The average molecular weight is 304 g/mol. The van der Waals surface area contributed by atoms with Gasteiger partial charge in [0.25, 0.3) is 5.82 Å². The Morgan fingerprint density at radius 2 is 1.57 bits per heavy atom. The van der Waals surface area contributed by atoms with Crippen molar-refractivity contribution in [2.45, 2.75) is 27.2 Å². The molecular formula is C14H21BF4N2. The molecule has 7 heteroatoms. The molecule has 1 heterocycles. The highest BCUT2D eigenvalue weighted by atomic mass is 19.5. The van der Waals surface area contributed by atoms with Crippen LogP contribution in [0.5, 0.6) is 0 Å². The van der Waals surface area contributed by atoms with E-state index in [1.807, 2.05) is 0 Å². The summed E-state index contributed by atoms with van der Waals surface area (Å²) in [7, 11) is -1.69. The van der Waals surface area contributed by atoms with Crippen molar-refractivity contribution in [1.29, 1.82) is 0 Å². The van der Waals surface area contributed by atoms with E-state index >= 15 is 0 Å². The molecule has 0 aliphatic heterocycles. The van der Waals surface area contributed by atoms with Crippen LogP contribution in [-0.2, 0) is 20.5 Å². The Hall–Kier alpha value is -1.53. The third kappa shape index (κ3) is 5.40. The second kappa shape index (κ2) is 6.07.